The van der Waals surface area contributed by atoms with Crippen LogP contribution in [0.25, 0.3) is 0 Å². The first-order valence-corrected chi connectivity index (χ1v) is 7.61. The van der Waals surface area contributed by atoms with Crippen LogP contribution < -0.4 is 0 Å². The van der Waals surface area contributed by atoms with Crippen molar-refractivity contribution in [1.29, 1.82) is 0 Å². The molecule has 0 aliphatic heterocycles. The van der Waals surface area contributed by atoms with E-state index in [1.807, 2.05) is 7.11 Å². The lowest BCUT2D eigenvalue weighted by Crippen LogP contribution is -2.04. The average Bonchev–Trinajstić information content (AvgIpc) is 2.11. The molecular weight excluding hydrogens is 167 g/mol. The van der Waals surface area contributed by atoms with Crippen LogP contribution in [-0.2, 0) is 4.52 Å². The highest BCUT2D eigenvalue weighted by molar-refractivity contribution is 7.70. The minimum Gasteiger partial charge on any atom is -0.242 e. The third kappa shape index (κ3) is 5.11. The van der Waals surface area contributed by atoms with E-state index in [1.54, 1.807) is 0 Å². The minimum absolute atomic E-state index is 0.983. The van der Waals surface area contributed by atoms with Gasteiger partial charge in [0.2, 0.25) is 0 Å². The molecule has 74 valence electrons. The van der Waals surface area contributed by atoms with Gasteiger partial charge in [0.1, 0.15) is 7.49 Å². The molecule has 0 N–H and O–H groups in total. The highest BCUT2D eigenvalue weighted by atomic mass is 31.2. The van der Waals surface area contributed by atoms with Crippen LogP contribution in [0.2, 0.25) is 0 Å². The number of unbranched alkanes of at least 4 members (excludes halogenated alkanes) is 2. The second-order valence-electron chi connectivity index (χ2n) is 3.63. The van der Waals surface area contributed by atoms with E-state index in [0.29, 0.717) is 0 Å². The Hall–Kier alpha value is 0.390. The third-order valence-electron chi connectivity index (χ3n) is 2.41. The Balaban J connectivity index is 3.70. The van der Waals surface area contributed by atoms with Crippen molar-refractivity contribution in [3.63, 3.8) is 0 Å². The summed E-state index contributed by atoms with van der Waals surface area (Å²) in [5.74, 6) is 0. The Bertz CT molecular complexity index is 96.0. The molecule has 0 saturated heterocycles. The van der Waals surface area contributed by atoms with Gasteiger partial charge in [0.25, 0.3) is 0 Å². The first-order valence-electron chi connectivity index (χ1n) is 5.08. The van der Waals surface area contributed by atoms with E-state index >= 15 is 0 Å². The smallest absolute Gasteiger partial charge is 0.142 e. The van der Waals surface area contributed by atoms with E-state index in [1.165, 1.54) is 38.0 Å². The molecule has 0 aromatic rings. The molecular formula is C10H24OP+. The second kappa shape index (κ2) is 6.86. The standard InChI is InChI=1S/C10H24OP/c1-5-7-9-12(4,11-3)10-8-6-2/h5-10H2,1-4H3/q+1. The van der Waals surface area contributed by atoms with Crippen LogP contribution in [0.3, 0.4) is 0 Å². The van der Waals surface area contributed by atoms with Crippen LogP contribution in [0.4, 0.5) is 0 Å². The van der Waals surface area contributed by atoms with Crippen LogP contribution in [-0.4, -0.2) is 26.1 Å². The Morgan fingerprint density at radius 3 is 1.67 bits per heavy atom. The molecule has 0 rings (SSSR count). The molecule has 0 atom stereocenters. The van der Waals surface area contributed by atoms with Crippen molar-refractivity contribution in [3.8, 4) is 0 Å². The molecule has 0 aromatic carbocycles. The molecule has 0 aliphatic carbocycles. The van der Waals surface area contributed by atoms with Gasteiger partial charge in [-0.15, -0.1) is 0 Å². The Morgan fingerprint density at radius 1 is 1.00 bits per heavy atom. The fourth-order valence-corrected chi connectivity index (χ4v) is 3.84. The predicted molar refractivity (Wildman–Crippen MR) is 59.4 cm³/mol. The van der Waals surface area contributed by atoms with Crippen molar-refractivity contribution in [1.82, 2.24) is 0 Å². The lowest BCUT2D eigenvalue weighted by atomic mass is 10.4. The molecule has 0 fully saturated rings. The van der Waals surface area contributed by atoms with Gasteiger partial charge in [0.05, 0.1) is 26.1 Å². The second-order valence-corrected chi connectivity index (χ2v) is 7.49. The molecule has 1 nitrogen and oxygen atoms in total. The van der Waals surface area contributed by atoms with Crippen molar-refractivity contribution >= 4 is 7.49 Å². The molecule has 12 heavy (non-hydrogen) atoms. The number of rotatable bonds is 7. The summed E-state index contributed by atoms with van der Waals surface area (Å²) in [7, 11) is 0.905. The molecule has 0 aromatic heterocycles. The van der Waals surface area contributed by atoms with E-state index in [0.717, 1.165) is 0 Å². The summed E-state index contributed by atoms with van der Waals surface area (Å²) in [6.45, 7) is 6.85. The number of hydrogen-bond donors (Lipinski definition) is 0. The highest BCUT2D eigenvalue weighted by Gasteiger charge is 2.30. The summed E-state index contributed by atoms with van der Waals surface area (Å²) in [5, 5.41) is 0. The fraction of sp³-hybridized carbons (Fsp3) is 1.00. The van der Waals surface area contributed by atoms with Crippen LogP contribution in [0.1, 0.15) is 39.5 Å². The lowest BCUT2D eigenvalue weighted by Gasteiger charge is -2.19. The van der Waals surface area contributed by atoms with Gasteiger partial charge in [-0.1, -0.05) is 26.7 Å². The Kier molecular flexibility index (Phi) is 7.08. The quantitative estimate of drug-likeness (QED) is 0.556. The van der Waals surface area contributed by atoms with Crippen molar-refractivity contribution in [3.05, 3.63) is 0 Å². The molecule has 0 bridgehead atoms. The van der Waals surface area contributed by atoms with Gasteiger partial charge in [-0.2, -0.15) is 0 Å². The molecule has 0 radical (unpaired) electrons. The van der Waals surface area contributed by atoms with Crippen LogP contribution in [0, 0.1) is 0 Å². The summed E-state index contributed by atoms with van der Waals surface area (Å²) in [6, 6.07) is 0. The maximum atomic E-state index is 5.65. The molecule has 0 heterocycles. The van der Waals surface area contributed by atoms with Gasteiger partial charge < -0.3 is 0 Å². The molecule has 0 aliphatic rings. The molecule has 0 saturated carbocycles. The van der Waals surface area contributed by atoms with Crippen LogP contribution in [0.5, 0.6) is 0 Å². The topological polar surface area (TPSA) is 9.23 Å². The molecule has 0 unspecified atom stereocenters. The minimum atomic E-state index is -0.983. The van der Waals surface area contributed by atoms with E-state index in [9.17, 15) is 0 Å². The van der Waals surface area contributed by atoms with E-state index in [-0.39, 0.29) is 0 Å². The first-order chi connectivity index (χ1) is 5.68. The zero-order valence-electron chi connectivity index (χ0n) is 9.10. The maximum absolute atomic E-state index is 5.65. The van der Waals surface area contributed by atoms with E-state index < -0.39 is 7.49 Å². The van der Waals surface area contributed by atoms with Crippen molar-refractivity contribution in [2.24, 2.45) is 0 Å². The van der Waals surface area contributed by atoms with E-state index in [2.05, 4.69) is 20.5 Å². The third-order valence-corrected chi connectivity index (χ3v) is 5.82. The zero-order chi connectivity index (χ0) is 9.45. The van der Waals surface area contributed by atoms with Gasteiger partial charge in [-0.3, -0.25) is 0 Å². The van der Waals surface area contributed by atoms with Crippen LogP contribution >= 0.6 is 7.49 Å². The predicted octanol–water partition coefficient (Wildman–Crippen LogP) is 3.80. The van der Waals surface area contributed by atoms with Gasteiger partial charge in [-0.25, -0.2) is 4.52 Å². The Morgan fingerprint density at radius 2 is 1.42 bits per heavy atom. The molecule has 0 spiro atoms. The summed E-state index contributed by atoms with van der Waals surface area (Å²) < 4.78 is 5.65. The zero-order valence-corrected chi connectivity index (χ0v) is 9.99. The first kappa shape index (κ1) is 12.4. The van der Waals surface area contributed by atoms with Crippen molar-refractivity contribution in [2.45, 2.75) is 39.5 Å². The molecule has 2 heteroatoms. The average molecular weight is 191 g/mol. The van der Waals surface area contributed by atoms with Gasteiger partial charge in [0, 0.05) is 0 Å². The van der Waals surface area contributed by atoms with Crippen molar-refractivity contribution < 1.29 is 4.52 Å². The van der Waals surface area contributed by atoms with Crippen molar-refractivity contribution in [2.75, 3.05) is 26.1 Å². The SMILES string of the molecule is CCCC[P+](C)(CCCC)OC. The summed E-state index contributed by atoms with van der Waals surface area (Å²) in [4.78, 5) is 0. The van der Waals surface area contributed by atoms with Crippen LogP contribution in [0.15, 0.2) is 0 Å². The monoisotopic (exact) mass is 191 g/mol. The van der Waals surface area contributed by atoms with Gasteiger partial charge in [-0.05, 0) is 12.8 Å². The summed E-state index contributed by atoms with van der Waals surface area (Å²) in [6.07, 6.45) is 7.90. The summed E-state index contributed by atoms with van der Waals surface area (Å²) >= 11 is 0. The normalized spacial score (nSPS) is 12.0. The fourth-order valence-electron chi connectivity index (χ4n) is 1.28. The highest BCUT2D eigenvalue weighted by Crippen LogP contribution is 2.56. The molecule has 0 amide bonds. The Labute approximate surface area is 78.3 Å². The largest absolute Gasteiger partial charge is 0.242 e. The lowest BCUT2D eigenvalue weighted by molar-refractivity contribution is 0.444. The maximum Gasteiger partial charge on any atom is 0.142 e. The van der Waals surface area contributed by atoms with E-state index in [4.69, 9.17) is 4.52 Å². The number of hydrogen-bond acceptors (Lipinski definition) is 1. The van der Waals surface area contributed by atoms with Gasteiger partial charge >= 0.3 is 0 Å². The van der Waals surface area contributed by atoms with Gasteiger partial charge in [0.15, 0.2) is 0 Å². The summed E-state index contributed by atoms with van der Waals surface area (Å²) in [5.41, 5.74) is 0.